The van der Waals surface area contributed by atoms with Crippen LogP contribution in [0.5, 0.6) is 0 Å². The number of hydrogen-bond acceptors (Lipinski definition) is 3. The van der Waals surface area contributed by atoms with Crippen molar-refractivity contribution >= 4 is 17.4 Å². The first kappa shape index (κ1) is 15.2. The molecular weight excluding hydrogens is 250 g/mol. The van der Waals surface area contributed by atoms with Gasteiger partial charge in [-0.05, 0) is 45.2 Å². The first-order chi connectivity index (χ1) is 8.49. The number of carbonyl (C=O) groups excluding carboxylic acids is 1. The van der Waals surface area contributed by atoms with Crippen LogP contribution in [0.2, 0.25) is 5.02 Å². The zero-order chi connectivity index (χ0) is 13.5. The number of benzene rings is 1. The minimum Gasteiger partial charge on any atom is -0.377 e. The van der Waals surface area contributed by atoms with Gasteiger partial charge in [0.25, 0.3) is 0 Å². The summed E-state index contributed by atoms with van der Waals surface area (Å²) in [6, 6.07) is 6.97. The molecule has 0 bridgehead atoms. The quantitative estimate of drug-likeness (QED) is 0.713. The maximum absolute atomic E-state index is 11.9. The molecule has 0 heterocycles. The number of carbonyl (C=O) groups is 1. The molecule has 0 aromatic heterocycles. The average Bonchev–Trinajstić information content (AvgIpc) is 2.29. The van der Waals surface area contributed by atoms with Crippen molar-refractivity contribution in [2.75, 3.05) is 26.7 Å². The van der Waals surface area contributed by atoms with Crippen LogP contribution >= 0.6 is 11.6 Å². The van der Waals surface area contributed by atoms with Gasteiger partial charge in [-0.25, -0.2) is 0 Å². The molecule has 100 valence electrons. The van der Waals surface area contributed by atoms with E-state index < -0.39 is 0 Å². The summed E-state index contributed by atoms with van der Waals surface area (Å²) in [6.07, 6.45) is 0.227. The van der Waals surface area contributed by atoms with Gasteiger partial charge >= 0.3 is 0 Å². The Morgan fingerprint density at radius 2 is 1.94 bits per heavy atom. The van der Waals surface area contributed by atoms with Crippen LogP contribution in [-0.4, -0.2) is 43.5 Å². The van der Waals surface area contributed by atoms with Gasteiger partial charge in [0.15, 0.2) is 5.78 Å². The molecule has 4 heteroatoms. The Balaban J connectivity index is 2.37. The van der Waals surface area contributed by atoms with Gasteiger partial charge in [0.1, 0.15) is 0 Å². The Bertz CT molecular complexity index is 376. The summed E-state index contributed by atoms with van der Waals surface area (Å²) in [4.78, 5) is 13.9. The predicted octanol–water partition coefficient (Wildman–Crippen LogP) is 2.88. The lowest BCUT2D eigenvalue weighted by Crippen LogP contribution is -2.29. The lowest BCUT2D eigenvalue weighted by Gasteiger charge is -2.16. The molecule has 0 saturated carbocycles. The van der Waals surface area contributed by atoms with E-state index in [1.54, 1.807) is 24.3 Å². The van der Waals surface area contributed by atoms with Crippen LogP contribution in [0.4, 0.5) is 0 Å². The van der Waals surface area contributed by atoms with Crippen molar-refractivity contribution in [3.8, 4) is 0 Å². The molecule has 18 heavy (non-hydrogen) atoms. The first-order valence-electron chi connectivity index (χ1n) is 6.08. The van der Waals surface area contributed by atoms with Gasteiger partial charge in [0.2, 0.25) is 0 Å². The average molecular weight is 270 g/mol. The zero-order valence-corrected chi connectivity index (χ0v) is 11.9. The van der Waals surface area contributed by atoms with E-state index in [0.717, 1.165) is 6.54 Å². The van der Waals surface area contributed by atoms with Crippen molar-refractivity contribution in [2.45, 2.75) is 20.0 Å². The summed E-state index contributed by atoms with van der Waals surface area (Å²) >= 11 is 5.78. The van der Waals surface area contributed by atoms with Gasteiger partial charge in [0.05, 0.1) is 19.3 Å². The molecule has 0 fully saturated rings. The third-order valence-electron chi connectivity index (χ3n) is 2.50. The number of likely N-dealkylation sites (N-methyl/N-ethyl adjacent to an activating group) is 1. The Kier molecular flexibility index (Phi) is 6.33. The highest BCUT2D eigenvalue weighted by molar-refractivity contribution is 6.30. The molecule has 0 saturated heterocycles. The Labute approximate surface area is 114 Å². The maximum Gasteiger partial charge on any atom is 0.176 e. The van der Waals surface area contributed by atoms with Crippen molar-refractivity contribution < 1.29 is 9.53 Å². The lowest BCUT2D eigenvalue weighted by atomic mass is 10.1. The van der Waals surface area contributed by atoms with Crippen LogP contribution in [0.1, 0.15) is 24.2 Å². The van der Waals surface area contributed by atoms with Crippen LogP contribution < -0.4 is 0 Å². The van der Waals surface area contributed by atoms with Gasteiger partial charge < -0.3 is 4.74 Å². The molecule has 1 aromatic carbocycles. The third kappa shape index (κ3) is 5.63. The highest BCUT2D eigenvalue weighted by Crippen LogP contribution is 2.10. The molecule has 1 rings (SSSR count). The third-order valence-corrected chi connectivity index (χ3v) is 2.76. The number of nitrogens with zero attached hydrogens (tertiary/aromatic N) is 1. The smallest absolute Gasteiger partial charge is 0.176 e. The highest BCUT2D eigenvalue weighted by atomic mass is 35.5. The van der Waals surface area contributed by atoms with Crippen molar-refractivity contribution in [1.29, 1.82) is 0 Å². The van der Waals surface area contributed by atoms with Gasteiger partial charge in [0, 0.05) is 17.1 Å². The second-order valence-corrected chi connectivity index (χ2v) is 5.02. The molecule has 0 aliphatic heterocycles. The standard InChI is InChI=1S/C14H20ClNO2/c1-11(2)18-9-8-16(3)10-14(17)12-4-6-13(15)7-5-12/h4-7,11H,8-10H2,1-3H3. The first-order valence-corrected chi connectivity index (χ1v) is 6.45. The van der Waals surface area contributed by atoms with E-state index in [9.17, 15) is 4.79 Å². The number of halogens is 1. The van der Waals surface area contributed by atoms with Crippen molar-refractivity contribution in [1.82, 2.24) is 4.90 Å². The summed E-state index contributed by atoms with van der Waals surface area (Å²) < 4.78 is 5.45. The molecule has 0 spiro atoms. The molecule has 0 unspecified atom stereocenters. The number of ketones is 1. The largest absolute Gasteiger partial charge is 0.377 e. The Morgan fingerprint density at radius 1 is 1.33 bits per heavy atom. The van der Waals surface area contributed by atoms with Crippen LogP contribution in [0.25, 0.3) is 0 Å². The minimum atomic E-state index is 0.0960. The Morgan fingerprint density at radius 3 is 2.50 bits per heavy atom. The minimum absolute atomic E-state index is 0.0960. The van der Waals surface area contributed by atoms with Crippen LogP contribution in [0, 0.1) is 0 Å². The summed E-state index contributed by atoms with van der Waals surface area (Å²) in [6.45, 7) is 5.78. The van der Waals surface area contributed by atoms with Gasteiger partial charge in [-0.1, -0.05) is 11.6 Å². The second-order valence-electron chi connectivity index (χ2n) is 4.59. The molecule has 0 amide bonds. The van der Waals surface area contributed by atoms with E-state index in [0.29, 0.717) is 23.7 Å². The summed E-state index contributed by atoms with van der Waals surface area (Å²) in [5.74, 6) is 0.0960. The number of rotatable bonds is 7. The topological polar surface area (TPSA) is 29.5 Å². The summed E-state index contributed by atoms with van der Waals surface area (Å²) in [5.41, 5.74) is 0.691. The number of ether oxygens (including phenoxy) is 1. The zero-order valence-electron chi connectivity index (χ0n) is 11.1. The van der Waals surface area contributed by atoms with E-state index in [2.05, 4.69) is 0 Å². The molecule has 3 nitrogen and oxygen atoms in total. The van der Waals surface area contributed by atoms with E-state index in [1.165, 1.54) is 0 Å². The van der Waals surface area contributed by atoms with Gasteiger partial charge in [-0.2, -0.15) is 0 Å². The molecule has 0 radical (unpaired) electrons. The van der Waals surface area contributed by atoms with E-state index in [4.69, 9.17) is 16.3 Å². The second kappa shape index (κ2) is 7.52. The molecule has 0 atom stereocenters. The van der Waals surface area contributed by atoms with Crippen molar-refractivity contribution in [3.05, 3.63) is 34.9 Å². The lowest BCUT2D eigenvalue weighted by molar-refractivity contribution is 0.0619. The van der Waals surface area contributed by atoms with Crippen molar-refractivity contribution in [3.63, 3.8) is 0 Å². The van der Waals surface area contributed by atoms with Crippen LogP contribution in [0.15, 0.2) is 24.3 Å². The molecule has 0 aliphatic carbocycles. The normalized spacial score (nSPS) is 11.2. The molecule has 1 aromatic rings. The fourth-order valence-electron chi connectivity index (χ4n) is 1.50. The monoisotopic (exact) mass is 269 g/mol. The van der Waals surface area contributed by atoms with Gasteiger partial charge in [-0.3, -0.25) is 9.69 Å². The van der Waals surface area contributed by atoms with Crippen LogP contribution in [0.3, 0.4) is 0 Å². The molecule has 0 N–H and O–H groups in total. The summed E-state index contributed by atoms with van der Waals surface area (Å²) in [7, 11) is 1.91. The fraction of sp³-hybridized carbons (Fsp3) is 0.500. The molecular formula is C14H20ClNO2. The van der Waals surface area contributed by atoms with E-state index >= 15 is 0 Å². The highest BCUT2D eigenvalue weighted by Gasteiger charge is 2.09. The van der Waals surface area contributed by atoms with Crippen LogP contribution in [-0.2, 0) is 4.74 Å². The SMILES string of the molecule is CC(C)OCCN(C)CC(=O)c1ccc(Cl)cc1. The van der Waals surface area contributed by atoms with Gasteiger partial charge in [-0.15, -0.1) is 0 Å². The molecule has 0 aliphatic rings. The van der Waals surface area contributed by atoms with E-state index in [-0.39, 0.29) is 11.9 Å². The Hall–Kier alpha value is -0.900. The summed E-state index contributed by atoms with van der Waals surface area (Å²) in [5, 5.41) is 0.644. The predicted molar refractivity (Wildman–Crippen MR) is 74.4 cm³/mol. The van der Waals surface area contributed by atoms with E-state index in [1.807, 2.05) is 25.8 Å². The maximum atomic E-state index is 11.9. The fourth-order valence-corrected chi connectivity index (χ4v) is 1.62. The number of Topliss-reactive ketones (excluding diaryl/α,β-unsaturated/α-hetero) is 1. The number of hydrogen-bond donors (Lipinski definition) is 0. The van der Waals surface area contributed by atoms with Crippen molar-refractivity contribution in [2.24, 2.45) is 0 Å².